The molecule has 0 N–H and O–H groups in total. The van der Waals surface area contributed by atoms with Gasteiger partial charge in [0.1, 0.15) is 5.03 Å². The predicted octanol–water partition coefficient (Wildman–Crippen LogP) is 3.95. The highest BCUT2D eigenvalue weighted by atomic mass is 32.2. The van der Waals surface area contributed by atoms with Crippen molar-refractivity contribution in [1.82, 2.24) is 15.1 Å². The van der Waals surface area contributed by atoms with Gasteiger partial charge in [0, 0.05) is 18.7 Å². The zero-order valence-corrected chi connectivity index (χ0v) is 14.9. The Kier molecular flexibility index (Phi) is 5.86. The van der Waals surface area contributed by atoms with E-state index < -0.39 is 0 Å². The standard InChI is InChI=1S/C19H23N3OS/c1-15-8-4-5-9-16(15)17-10-11-18(21-20-17)24-14-19(23)22-12-6-2-3-7-13-22/h4-5,8-11H,2-3,6-7,12-14H2,1H3. The Balaban J connectivity index is 1.58. The Bertz CT molecular complexity index is 679. The first-order valence-corrected chi connectivity index (χ1v) is 9.53. The summed E-state index contributed by atoms with van der Waals surface area (Å²) in [4.78, 5) is 14.3. The van der Waals surface area contributed by atoms with E-state index in [-0.39, 0.29) is 5.91 Å². The summed E-state index contributed by atoms with van der Waals surface area (Å²) >= 11 is 1.47. The predicted molar refractivity (Wildman–Crippen MR) is 98.0 cm³/mol. The zero-order chi connectivity index (χ0) is 16.8. The third kappa shape index (κ3) is 4.35. The van der Waals surface area contributed by atoms with E-state index in [0.717, 1.165) is 42.2 Å². The molecule has 1 aromatic heterocycles. The monoisotopic (exact) mass is 341 g/mol. The smallest absolute Gasteiger partial charge is 0.232 e. The number of aryl methyl sites for hydroxylation is 1. The lowest BCUT2D eigenvalue weighted by Gasteiger charge is -2.19. The van der Waals surface area contributed by atoms with Gasteiger partial charge < -0.3 is 4.90 Å². The van der Waals surface area contributed by atoms with Crippen LogP contribution in [0.25, 0.3) is 11.3 Å². The van der Waals surface area contributed by atoms with Gasteiger partial charge in [0.25, 0.3) is 0 Å². The van der Waals surface area contributed by atoms with Crippen LogP contribution in [0.4, 0.5) is 0 Å². The summed E-state index contributed by atoms with van der Waals surface area (Å²) in [7, 11) is 0. The average Bonchev–Trinajstić information content (AvgIpc) is 2.90. The normalized spacial score (nSPS) is 15.1. The fourth-order valence-electron chi connectivity index (χ4n) is 2.95. The maximum atomic E-state index is 12.3. The summed E-state index contributed by atoms with van der Waals surface area (Å²) in [6, 6.07) is 12.1. The maximum Gasteiger partial charge on any atom is 0.232 e. The topological polar surface area (TPSA) is 46.1 Å². The molecule has 2 aromatic rings. The van der Waals surface area contributed by atoms with Gasteiger partial charge in [-0.25, -0.2) is 0 Å². The van der Waals surface area contributed by atoms with Crippen LogP contribution in [-0.4, -0.2) is 39.8 Å². The maximum absolute atomic E-state index is 12.3. The summed E-state index contributed by atoms with van der Waals surface area (Å²) in [5.41, 5.74) is 3.15. The molecule has 4 nitrogen and oxygen atoms in total. The number of carbonyl (C=O) groups excluding carboxylic acids is 1. The second kappa shape index (κ2) is 8.29. The Hall–Kier alpha value is -1.88. The van der Waals surface area contributed by atoms with Crippen LogP contribution < -0.4 is 0 Å². The fourth-order valence-corrected chi connectivity index (χ4v) is 3.66. The van der Waals surface area contributed by atoms with E-state index >= 15 is 0 Å². The molecule has 1 aliphatic rings. The Morgan fingerprint density at radius 1 is 1.04 bits per heavy atom. The van der Waals surface area contributed by atoms with Gasteiger partial charge in [-0.2, -0.15) is 0 Å². The van der Waals surface area contributed by atoms with Crippen LogP contribution in [0.2, 0.25) is 0 Å². The number of hydrogen-bond acceptors (Lipinski definition) is 4. The molecule has 0 saturated carbocycles. The molecule has 5 heteroatoms. The summed E-state index contributed by atoms with van der Waals surface area (Å²) in [5, 5.41) is 9.39. The van der Waals surface area contributed by atoms with E-state index in [1.54, 1.807) is 0 Å². The lowest BCUT2D eigenvalue weighted by molar-refractivity contribution is -0.128. The summed E-state index contributed by atoms with van der Waals surface area (Å²) in [5.74, 6) is 0.657. The molecule has 24 heavy (non-hydrogen) atoms. The minimum atomic E-state index is 0.215. The lowest BCUT2D eigenvalue weighted by atomic mass is 10.1. The van der Waals surface area contributed by atoms with Crippen molar-refractivity contribution in [3.8, 4) is 11.3 Å². The molecule has 1 amide bonds. The van der Waals surface area contributed by atoms with Gasteiger partial charge in [-0.1, -0.05) is 48.9 Å². The first kappa shape index (κ1) is 17.0. The number of benzene rings is 1. The number of rotatable bonds is 4. The Morgan fingerprint density at radius 3 is 2.46 bits per heavy atom. The van der Waals surface area contributed by atoms with E-state index in [9.17, 15) is 4.79 Å². The van der Waals surface area contributed by atoms with E-state index in [4.69, 9.17) is 0 Å². The second-order valence-electron chi connectivity index (χ2n) is 6.16. The van der Waals surface area contributed by atoms with Crippen LogP contribution in [0, 0.1) is 6.92 Å². The molecule has 1 aromatic carbocycles. The molecule has 0 atom stereocenters. The number of aromatic nitrogens is 2. The van der Waals surface area contributed by atoms with E-state index in [2.05, 4.69) is 29.3 Å². The SMILES string of the molecule is Cc1ccccc1-c1ccc(SCC(=O)N2CCCCCC2)nn1. The number of carbonyl (C=O) groups is 1. The van der Waals surface area contributed by atoms with Crippen molar-refractivity contribution >= 4 is 17.7 Å². The first-order valence-electron chi connectivity index (χ1n) is 8.54. The molecule has 3 rings (SSSR count). The highest BCUT2D eigenvalue weighted by molar-refractivity contribution is 7.99. The van der Waals surface area contributed by atoms with Crippen LogP contribution in [0.15, 0.2) is 41.4 Å². The van der Waals surface area contributed by atoms with Crippen molar-refractivity contribution in [2.24, 2.45) is 0 Å². The third-order valence-corrected chi connectivity index (χ3v) is 5.27. The van der Waals surface area contributed by atoms with Crippen molar-refractivity contribution in [3.05, 3.63) is 42.0 Å². The quantitative estimate of drug-likeness (QED) is 0.790. The molecule has 0 unspecified atom stereocenters. The minimum Gasteiger partial charge on any atom is -0.342 e. The average molecular weight is 341 g/mol. The highest BCUT2D eigenvalue weighted by Gasteiger charge is 2.16. The van der Waals surface area contributed by atoms with E-state index in [1.807, 2.05) is 29.2 Å². The van der Waals surface area contributed by atoms with Gasteiger partial charge in [0.2, 0.25) is 5.91 Å². The molecule has 126 valence electrons. The molecular weight excluding hydrogens is 318 g/mol. The first-order chi connectivity index (χ1) is 11.7. The zero-order valence-electron chi connectivity index (χ0n) is 14.1. The van der Waals surface area contributed by atoms with Crippen LogP contribution in [0.5, 0.6) is 0 Å². The molecule has 0 aliphatic carbocycles. The minimum absolute atomic E-state index is 0.215. The van der Waals surface area contributed by atoms with Crippen molar-refractivity contribution in [2.75, 3.05) is 18.8 Å². The van der Waals surface area contributed by atoms with Gasteiger partial charge in [-0.05, 0) is 37.5 Å². The molecule has 1 fully saturated rings. The second-order valence-corrected chi connectivity index (χ2v) is 7.15. The lowest BCUT2D eigenvalue weighted by Crippen LogP contribution is -2.33. The molecule has 0 bridgehead atoms. The number of amides is 1. The van der Waals surface area contributed by atoms with Crippen LogP contribution in [0.3, 0.4) is 0 Å². The van der Waals surface area contributed by atoms with Crippen molar-refractivity contribution in [3.63, 3.8) is 0 Å². The van der Waals surface area contributed by atoms with Crippen molar-refractivity contribution in [2.45, 2.75) is 37.6 Å². The van der Waals surface area contributed by atoms with E-state index in [1.165, 1.54) is 30.2 Å². The van der Waals surface area contributed by atoms with Gasteiger partial charge in [0.05, 0.1) is 11.4 Å². The summed E-state index contributed by atoms with van der Waals surface area (Å²) in [6.45, 7) is 3.87. The molecule has 0 radical (unpaired) electrons. The largest absolute Gasteiger partial charge is 0.342 e. The number of hydrogen-bond donors (Lipinski definition) is 0. The fraction of sp³-hybridized carbons (Fsp3) is 0.421. The molecule has 0 spiro atoms. The van der Waals surface area contributed by atoms with Crippen LogP contribution >= 0.6 is 11.8 Å². The number of thioether (sulfide) groups is 1. The van der Waals surface area contributed by atoms with Gasteiger partial charge in [-0.3, -0.25) is 4.79 Å². The van der Waals surface area contributed by atoms with E-state index in [0.29, 0.717) is 5.75 Å². The van der Waals surface area contributed by atoms with Gasteiger partial charge in [0.15, 0.2) is 0 Å². The van der Waals surface area contributed by atoms with Crippen LogP contribution in [-0.2, 0) is 4.79 Å². The number of nitrogens with zero attached hydrogens (tertiary/aromatic N) is 3. The molecule has 1 saturated heterocycles. The highest BCUT2D eigenvalue weighted by Crippen LogP contribution is 2.23. The third-order valence-electron chi connectivity index (χ3n) is 4.36. The van der Waals surface area contributed by atoms with Gasteiger partial charge in [-0.15, -0.1) is 10.2 Å². The summed E-state index contributed by atoms with van der Waals surface area (Å²) < 4.78 is 0. The Labute approximate surface area is 147 Å². The molecular formula is C19H23N3OS. The molecule has 2 heterocycles. The van der Waals surface area contributed by atoms with Crippen LogP contribution in [0.1, 0.15) is 31.2 Å². The Morgan fingerprint density at radius 2 is 1.79 bits per heavy atom. The summed E-state index contributed by atoms with van der Waals surface area (Å²) in [6.07, 6.45) is 4.73. The van der Waals surface area contributed by atoms with Gasteiger partial charge >= 0.3 is 0 Å². The molecule has 1 aliphatic heterocycles. The van der Waals surface area contributed by atoms with Crippen molar-refractivity contribution in [1.29, 1.82) is 0 Å². The number of likely N-dealkylation sites (tertiary alicyclic amines) is 1. The van der Waals surface area contributed by atoms with Crippen molar-refractivity contribution < 1.29 is 4.79 Å².